The van der Waals surface area contributed by atoms with Gasteiger partial charge in [0.1, 0.15) is 28.9 Å². The molecule has 0 saturated heterocycles. The monoisotopic (exact) mass is 345 g/mol. The second-order valence-corrected chi connectivity index (χ2v) is 5.21. The van der Waals surface area contributed by atoms with Gasteiger partial charge in [-0.05, 0) is 18.2 Å². The van der Waals surface area contributed by atoms with Gasteiger partial charge in [0.05, 0.1) is 21.3 Å². The zero-order valence-corrected chi connectivity index (χ0v) is 14.9. The van der Waals surface area contributed by atoms with E-state index < -0.39 is 0 Å². The number of hydrogen-bond acceptors (Lipinski definition) is 5. The van der Waals surface area contributed by atoms with E-state index in [-0.39, 0.29) is 18.6 Å². The normalized spacial score (nSPS) is 11.5. The van der Waals surface area contributed by atoms with Crippen LogP contribution < -0.4 is 19.5 Å². The van der Waals surface area contributed by atoms with Gasteiger partial charge in [-0.25, -0.2) is 0 Å². The average Bonchev–Trinajstić information content (AvgIpc) is 2.67. The van der Waals surface area contributed by atoms with Crippen LogP contribution in [0.3, 0.4) is 0 Å². The maximum Gasteiger partial charge on any atom is 0.258 e. The van der Waals surface area contributed by atoms with Crippen molar-refractivity contribution >= 4 is 5.91 Å². The van der Waals surface area contributed by atoms with Crippen LogP contribution in [0.5, 0.6) is 17.2 Å². The first-order valence-corrected chi connectivity index (χ1v) is 7.81. The molecule has 0 saturated carbocycles. The van der Waals surface area contributed by atoms with Crippen molar-refractivity contribution in [3.05, 3.63) is 53.6 Å². The van der Waals surface area contributed by atoms with Crippen molar-refractivity contribution in [3.8, 4) is 17.2 Å². The fraction of sp³-hybridized carbons (Fsp3) is 0.316. The van der Waals surface area contributed by atoms with Gasteiger partial charge in [0.2, 0.25) is 0 Å². The number of benzene rings is 2. The summed E-state index contributed by atoms with van der Waals surface area (Å²) in [5.74, 6) is 1.30. The smallest absolute Gasteiger partial charge is 0.258 e. The van der Waals surface area contributed by atoms with Gasteiger partial charge in [-0.15, -0.1) is 0 Å². The Hall–Kier alpha value is -2.73. The summed E-state index contributed by atoms with van der Waals surface area (Å²) in [7, 11) is 6.22. The molecule has 25 heavy (non-hydrogen) atoms. The molecule has 0 aliphatic carbocycles. The summed E-state index contributed by atoms with van der Waals surface area (Å²) in [6.45, 7) is 0.275. The summed E-state index contributed by atoms with van der Waals surface area (Å²) < 4.78 is 21.4. The summed E-state index contributed by atoms with van der Waals surface area (Å²) in [5, 5.41) is 2.87. The quantitative estimate of drug-likeness (QED) is 0.797. The lowest BCUT2D eigenvalue weighted by Gasteiger charge is -2.20. The van der Waals surface area contributed by atoms with Gasteiger partial charge < -0.3 is 24.3 Å². The predicted octanol–water partition coefficient (Wildman–Crippen LogP) is 2.83. The third-order valence-corrected chi connectivity index (χ3v) is 3.87. The molecule has 0 radical (unpaired) electrons. The molecular weight excluding hydrogens is 322 g/mol. The Morgan fingerprint density at radius 2 is 1.44 bits per heavy atom. The van der Waals surface area contributed by atoms with Crippen LogP contribution in [0.1, 0.15) is 22.0 Å². The van der Waals surface area contributed by atoms with E-state index in [4.69, 9.17) is 18.9 Å². The zero-order chi connectivity index (χ0) is 18.2. The standard InChI is InChI=1S/C19H23NO5/c1-22-14-9-6-5-8-13(14)17(25-4)12-20-19(21)18-15(23-2)10-7-11-16(18)24-3/h5-11,17H,12H2,1-4H3,(H,20,21). The van der Waals surface area contributed by atoms with Gasteiger partial charge in [-0.3, -0.25) is 4.79 Å². The van der Waals surface area contributed by atoms with Crippen LogP contribution in [0.15, 0.2) is 42.5 Å². The van der Waals surface area contributed by atoms with Gasteiger partial charge in [0.25, 0.3) is 5.91 Å². The molecule has 2 aromatic carbocycles. The van der Waals surface area contributed by atoms with E-state index in [1.54, 1.807) is 32.4 Å². The predicted molar refractivity (Wildman–Crippen MR) is 94.6 cm³/mol. The van der Waals surface area contributed by atoms with Crippen LogP contribution in [0.4, 0.5) is 0 Å². The molecule has 1 N–H and O–H groups in total. The second kappa shape index (κ2) is 8.94. The van der Waals surface area contributed by atoms with Crippen molar-refractivity contribution < 1.29 is 23.7 Å². The molecule has 0 heterocycles. The van der Waals surface area contributed by atoms with Crippen molar-refractivity contribution in [1.29, 1.82) is 0 Å². The minimum Gasteiger partial charge on any atom is -0.496 e. The molecule has 0 bridgehead atoms. The van der Waals surface area contributed by atoms with Crippen molar-refractivity contribution in [3.63, 3.8) is 0 Å². The highest BCUT2D eigenvalue weighted by Gasteiger charge is 2.21. The Morgan fingerprint density at radius 3 is 2.00 bits per heavy atom. The van der Waals surface area contributed by atoms with Gasteiger partial charge in [-0.1, -0.05) is 24.3 Å². The van der Waals surface area contributed by atoms with Crippen LogP contribution in [0, 0.1) is 0 Å². The Balaban J connectivity index is 2.18. The molecule has 1 atom stereocenters. The fourth-order valence-corrected chi connectivity index (χ4v) is 2.60. The van der Waals surface area contributed by atoms with Crippen LogP contribution in [0.2, 0.25) is 0 Å². The largest absolute Gasteiger partial charge is 0.496 e. The third kappa shape index (κ3) is 4.22. The van der Waals surface area contributed by atoms with Crippen molar-refractivity contribution in [2.45, 2.75) is 6.10 Å². The van der Waals surface area contributed by atoms with Gasteiger partial charge >= 0.3 is 0 Å². The number of ether oxygens (including phenoxy) is 4. The Labute approximate surface area is 147 Å². The molecule has 0 spiro atoms. The first kappa shape index (κ1) is 18.6. The SMILES string of the molecule is COc1ccccc1C(CNC(=O)c1c(OC)cccc1OC)OC. The van der Waals surface area contributed by atoms with E-state index in [1.165, 1.54) is 14.2 Å². The summed E-state index contributed by atoms with van der Waals surface area (Å²) in [6, 6.07) is 12.7. The number of amides is 1. The van der Waals surface area contributed by atoms with Crippen molar-refractivity contribution in [1.82, 2.24) is 5.32 Å². The lowest BCUT2D eigenvalue weighted by molar-refractivity contribution is 0.0814. The topological polar surface area (TPSA) is 66.0 Å². The highest BCUT2D eigenvalue weighted by atomic mass is 16.5. The first-order valence-electron chi connectivity index (χ1n) is 7.81. The van der Waals surface area contributed by atoms with Gasteiger partial charge in [0.15, 0.2) is 0 Å². The number of carbonyl (C=O) groups is 1. The Kier molecular flexibility index (Phi) is 6.65. The van der Waals surface area contributed by atoms with Crippen LogP contribution in [-0.4, -0.2) is 40.9 Å². The summed E-state index contributed by atoms with van der Waals surface area (Å²) in [5.41, 5.74) is 1.21. The lowest BCUT2D eigenvalue weighted by Crippen LogP contribution is -2.30. The number of hydrogen-bond donors (Lipinski definition) is 1. The highest BCUT2D eigenvalue weighted by Crippen LogP contribution is 2.29. The molecule has 0 aliphatic heterocycles. The lowest BCUT2D eigenvalue weighted by atomic mass is 10.1. The van der Waals surface area contributed by atoms with Crippen LogP contribution in [-0.2, 0) is 4.74 Å². The first-order chi connectivity index (χ1) is 12.2. The Morgan fingerprint density at radius 1 is 0.880 bits per heavy atom. The number of carbonyl (C=O) groups excluding carboxylic acids is 1. The molecule has 2 aromatic rings. The third-order valence-electron chi connectivity index (χ3n) is 3.87. The van der Waals surface area contributed by atoms with E-state index in [0.717, 1.165) is 5.56 Å². The number of para-hydroxylation sites is 1. The maximum atomic E-state index is 12.7. The zero-order valence-electron chi connectivity index (χ0n) is 14.9. The van der Waals surface area contributed by atoms with Gasteiger partial charge in [0, 0.05) is 19.2 Å². The molecule has 134 valence electrons. The van der Waals surface area contributed by atoms with Crippen LogP contribution in [0.25, 0.3) is 0 Å². The fourth-order valence-electron chi connectivity index (χ4n) is 2.60. The van der Waals surface area contributed by atoms with E-state index >= 15 is 0 Å². The van der Waals surface area contributed by atoms with E-state index in [0.29, 0.717) is 22.8 Å². The summed E-state index contributed by atoms with van der Waals surface area (Å²) in [4.78, 5) is 12.7. The van der Waals surface area contributed by atoms with Crippen LogP contribution >= 0.6 is 0 Å². The summed E-state index contributed by atoms with van der Waals surface area (Å²) in [6.07, 6.45) is -0.346. The molecule has 6 nitrogen and oxygen atoms in total. The minimum absolute atomic E-state index is 0.275. The molecule has 0 aromatic heterocycles. The molecule has 2 rings (SSSR count). The van der Waals surface area contributed by atoms with E-state index in [1.807, 2.05) is 24.3 Å². The van der Waals surface area contributed by atoms with Crippen molar-refractivity contribution in [2.24, 2.45) is 0 Å². The number of nitrogens with one attached hydrogen (secondary N) is 1. The molecule has 1 unspecified atom stereocenters. The average molecular weight is 345 g/mol. The van der Waals surface area contributed by atoms with Gasteiger partial charge in [-0.2, -0.15) is 0 Å². The van der Waals surface area contributed by atoms with E-state index in [2.05, 4.69) is 5.32 Å². The second-order valence-electron chi connectivity index (χ2n) is 5.21. The molecule has 6 heteroatoms. The highest BCUT2D eigenvalue weighted by molar-refractivity contribution is 5.99. The number of rotatable bonds is 8. The maximum absolute atomic E-state index is 12.7. The summed E-state index contributed by atoms with van der Waals surface area (Å²) >= 11 is 0. The van der Waals surface area contributed by atoms with Crippen molar-refractivity contribution in [2.75, 3.05) is 35.0 Å². The molecule has 1 amide bonds. The molecule has 0 aliphatic rings. The van der Waals surface area contributed by atoms with E-state index in [9.17, 15) is 4.79 Å². The minimum atomic E-state index is -0.346. The number of methoxy groups -OCH3 is 4. The molecular formula is C19H23NO5. The Bertz CT molecular complexity index is 694. The molecule has 0 fully saturated rings.